The maximum absolute atomic E-state index is 12.2. The molecule has 0 spiro atoms. The Labute approximate surface area is 106 Å². The maximum atomic E-state index is 12.2. The molecule has 0 unspecified atom stereocenters. The molecule has 0 amide bonds. The highest BCUT2D eigenvalue weighted by Crippen LogP contribution is 2.16. The van der Waals surface area contributed by atoms with Crippen LogP contribution in [0, 0.1) is 11.8 Å². The number of rotatable bonds is 6. The minimum Gasteiger partial charge on any atom is -0.317 e. The molecule has 102 valence electrons. The molecule has 1 heterocycles. The fourth-order valence-corrected chi connectivity index (χ4v) is 4.20. The minimum atomic E-state index is -3.06. The molecule has 4 nitrogen and oxygen atoms in total. The fourth-order valence-electron chi connectivity index (χ4n) is 2.32. The van der Waals surface area contributed by atoms with Crippen molar-refractivity contribution in [1.29, 1.82) is 0 Å². The summed E-state index contributed by atoms with van der Waals surface area (Å²) in [5, 5.41) is 3.31. The van der Waals surface area contributed by atoms with Crippen LogP contribution in [0.25, 0.3) is 0 Å². The number of nitrogens with one attached hydrogen (secondary N) is 1. The van der Waals surface area contributed by atoms with Crippen LogP contribution in [-0.2, 0) is 10.0 Å². The largest absolute Gasteiger partial charge is 0.317 e. The third-order valence-corrected chi connectivity index (χ3v) is 5.49. The van der Waals surface area contributed by atoms with Gasteiger partial charge in [-0.25, -0.2) is 12.7 Å². The van der Waals surface area contributed by atoms with Gasteiger partial charge < -0.3 is 5.32 Å². The summed E-state index contributed by atoms with van der Waals surface area (Å²) in [5.74, 6) is 0.992. The van der Waals surface area contributed by atoms with E-state index in [9.17, 15) is 8.42 Å². The van der Waals surface area contributed by atoms with E-state index in [0.29, 0.717) is 19.0 Å². The fraction of sp³-hybridized carbons (Fsp3) is 1.00. The van der Waals surface area contributed by atoms with Crippen molar-refractivity contribution in [3.63, 3.8) is 0 Å². The Hall–Kier alpha value is -0.130. The lowest BCUT2D eigenvalue weighted by Gasteiger charge is -2.29. The number of nitrogens with zero attached hydrogens (tertiary/aromatic N) is 1. The van der Waals surface area contributed by atoms with E-state index in [2.05, 4.69) is 5.32 Å². The van der Waals surface area contributed by atoms with Crippen LogP contribution in [0.2, 0.25) is 0 Å². The van der Waals surface area contributed by atoms with Crippen LogP contribution in [0.1, 0.15) is 33.6 Å². The predicted octanol–water partition coefficient (Wildman–Crippen LogP) is 1.29. The van der Waals surface area contributed by atoms with Gasteiger partial charge in [-0.1, -0.05) is 20.8 Å². The predicted molar refractivity (Wildman–Crippen MR) is 71.5 cm³/mol. The van der Waals surface area contributed by atoms with Crippen molar-refractivity contribution in [1.82, 2.24) is 9.62 Å². The molecule has 0 bridgehead atoms. The molecule has 1 saturated heterocycles. The van der Waals surface area contributed by atoms with Crippen molar-refractivity contribution < 1.29 is 8.42 Å². The van der Waals surface area contributed by atoms with E-state index in [1.165, 1.54) is 0 Å². The molecule has 1 N–H and O–H groups in total. The molecular weight excluding hydrogens is 236 g/mol. The van der Waals surface area contributed by atoms with Crippen LogP contribution < -0.4 is 5.32 Å². The molecule has 1 fully saturated rings. The lowest BCUT2D eigenvalue weighted by Crippen LogP contribution is -2.40. The molecule has 0 aliphatic carbocycles. The lowest BCUT2D eigenvalue weighted by molar-refractivity contribution is 0.293. The van der Waals surface area contributed by atoms with Crippen LogP contribution in [0.5, 0.6) is 0 Å². The molecule has 1 aliphatic heterocycles. The summed E-state index contributed by atoms with van der Waals surface area (Å²) in [5.41, 5.74) is 0. The third-order valence-electron chi connectivity index (χ3n) is 3.21. The normalized spacial score (nSPS) is 19.1. The van der Waals surface area contributed by atoms with Crippen LogP contribution >= 0.6 is 0 Å². The van der Waals surface area contributed by atoms with Crippen LogP contribution in [0.4, 0.5) is 0 Å². The van der Waals surface area contributed by atoms with Gasteiger partial charge in [-0.2, -0.15) is 0 Å². The van der Waals surface area contributed by atoms with Gasteiger partial charge in [-0.05, 0) is 37.8 Å². The summed E-state index contributed by atoms with van der Waals surface area (Å²) in [6.45, 7) is 9.18. The van der Waals surface area contributed by atoms with E-state index < -0.39 is 10.0 Å². The molecular formula is C12H26N2O2S. The summed E-state index contributed by atoms with van der Waals surface area (Å²) in [7, 11) is -3.06. The Kier molecular flexibility index (Phi) is 5.89. The van der Waals surface area contributed by atoms with E-state index in [1.807, 2.05) is 20.8 Å². The lowest BCUT2D eigenvalue weighted by atomic mass is 9.98. The molecule has 17 heavy (non-hydrogen) atoms. The third kappa shape index (κ3) is 4.94. The highest BCUT2D eigenvalue weighted by atomic mass is 32.2. The van der Waals surface area contributed by atoms with Crippen molar-refractivity contribution >= 4 is 10.0 Å². The van der Waals surface area contributed by atoms with Crippen molar-refractivity contribution in [2.24, 2.45) is 11.8 Å². The van der Waals surface area contributed by atoms with Gasteiger partial charge in [0.1, 0.15) is 0 Å². The van der Waals surface area contributed by atoms with E-state index in [1.54, 1.807) is 4.31 Å². The van der Waals surface area contributed by atoms with Gasteiger partial charge in [0.25, 0.3) is 0 Å². The van der Waals surface area contributed by atoms with Gasteiger partial charge in [0, 0.05) is 13.1 Å². The van der Waals surface area contributed by atoms with Gasteiger partial charge in [-0.15, -0.1) is 0 Å². The van der Waals surface area contributed by atoms with Crippen molar-refractivity contribution in [3.8, 4) is 0 Å². The SMILES string of the molecule is CCN(CC1CCNCC1)S(=O)(=O)CC(C)C. The minimum absolute atomic E-state index is 0.196. The Morgan fingerprint density at radius 2 is 1.88 bits per heavy atom. The van der Waals surface area contributed by atoms with Gasteiger partial charge in [-0.3, -0.25) is 0 Å². The van der Waals surface area contributed by atoms with Crippen molar-refractivity contribution in [2.75, 3.05) is 31.9 Å². The van der Waals surface area contributed by atoms with Gasteiger partial charge in [0.2, 0.25) is 10.0 Å². The smallest absolute Gasteiger partial charge is 0.214 e. The first kappa shape index (κ1) is 14.9. The van der Waals surface area contributed by atoms with Crippen LogP contribution in [0.3, 0.4) is 0 Å². The van der Waals surface area contributed by atoms with E-state index in [4.69, 9.17) is 0 Å². The first-order chi connectivity index (χ1) is 7.95. The van der Waals surface area contributed by atoms with Crippen LogP contribution in [-0.4, -0.2) is 44.7 Å². The number of hydrogen-bond donors (Lipinski definition) is 1. The molecule has 0 aromatic rings. The zero-order chi connectivity index (χ0) is 12.9. The van der Waals surface area contributed by atoms with Crippen molar-refractivity contribution in [3.05, 3.63) is 0 Å². The number of hydrogen-bond acceptors (Lipinski definition) is 3. The van der Waals surface area contributed by atoms with Gasteiger partial charge in [0.15, 0.2) is 0 Å². The number of piperidine rings is 1. The van der Waals surface area contributed by atoms with E-state index in [-0.39, 0.29) is 11.7 Å². The van der Waals surface area contributed by atoms with Crippen molar-refractivity contribution in [2.45, 2.75) is 33.6 Å². The first-order valence-corrected chi connectivity index (χ1v) is 8.25. The summed E-state index contributed by atoms with van der Waals surface area (Å²) < 4.78 is 26.0. The summed E-state index contributed by atoms with van der Waals surface area (Å²) in [6, 6.07) is 0. The first-order valence-electron chi connectivity index (χ1n) is 6.64. The standard InChI is InChI=1S/C12H26N2O2S/c1-4-14(17(15,16)10-11(2)3)9-12-5-7-13-8-6-12/h11-13H,4-10H2,1-3H3. The molecule has 0 saturated carbocycles. The Balaban J connectivity index is 2.57. The molecule has 0 aromatic carbocycles. The zero-order valence-electron chi connectivity index (χ0n) is 11.3. The second kappa shape index (κ2) is 6.71. The summed E-state index contributed by atoms with van der Waals surface area (Å²) in [6.07, 6.45) is 2.18. The molecule has 1 aliphatic rings. The Morgan fingerprint density at radius 1 is 1.29 bits per heavy atom. The van der Waals surface area contributed by atoms with E-state index >= 15 is 0 Å². The quantitative estimate of drug-likeness (QED) is 0.785. The Bertz CT molecular complexity index is 308. The number of sulfonamides is 1. The van der Waals surface area contributed by atoms with Gasteiger partial charge >= 0.3 is 0 Å². The molecule has 0 aromatic heterocycles. The topological polar surface area (TPSA) is 49.4 Å². The second-order valence-corrected chi connectivity index (χ2v) is 7.33. The highest BCUT2D eigenvalue weighted by molar-refractivity contribution is 7.89. The molecule has 5 heteroatoms. The van der Waals surface area contributed by atoms with Crippen LogP contribution in [0.15, 0.2) is 0 Å². The molecule has 0 radical (unpaired) electrons. The average Bonchev–Trinajstić information content (AvgIpc) is 2.25. The monoisotopic (exact) mass is 262 g/mol. The molecule has 1 rings (SSSR count). The van der Waals surface area contributed by atoms with Gasteiger partial charge in [0.05, 0.1) is 5.75 Å². The summed E-state index contributed by atoms with van der Waals surface area (Å²) in [4.78, 5) is 0. The van der Waals surface area contributed by atoms with E-state index in [0.717, 1.165) is 25.9 Å². The zero-order valence-corrected chi connectivity index (χ0v) is 12.1. The second-order valence-electron chi connectivity index (χ2n) is 5.32. The molecule has 0 atom stereocenters. The highest BCUT2D eigenvalue weighted by Gasteiger charge is 2.25. The maximum Gasteiger partial charge on any atom is 0.214 e. The Morgan fingerprint density at radius 3 is 2.35 bits per heavy atom. The summed E-state index contributed by atoms with van der Waals surface area (Å²) >= 11 is 0. The average molecular weight is 262 g/mol.